The Balaban J connectivity index is 1.82. The molecule has 2 heterocycles. The van der Waals surface area contributed by atoms with Crippen molar-refractivity contribution >= 4 is 5.78 Å². The highest BCUT2D eigenvalue weighted by Crippen LogP contribution is 2.17. The number of hydrogen-bond acceptors (Lipinski definition) is 3. The molecule has 0 saturated carbocycles. The predicted octanol–water partition coefficient (Wildman–Crippen LogP) is 1.49. The second kappa shape index (κ2) is 4.97. The summed E-state index contributed by atoms with van der Waals surface area (Å²) in [6.07, 6.45) is 4.98. The summed E-state index contributed by atoms with van der Waals surface area (Å²) >= 11 is 0. The van der Waals surface area contributed by atoms with Crippen LogP contribution in [0.5, 0.6) is 0 Å². The molecule has 4 heteroatoms. The highest BCUT2D eigenvalue weighted by atomic mass is 16.1. The van der Waals surface area contributed by atoms with Crippen molar-refractivity contribution in [3.8, 4) is 0 Å². The first kappa shape index (κ1) is 12.1. The van der Waals surface area contributed by atoms with Gasteiger partial charge in [0.15, 0.2) is 5.78 Å². The number of ketones is 1. The number of fused-ring (bicyclic) bond motifs is 1. The number of imidazole rings is 1. The highest BCUT2D eigenvalue weighted by molar-refractivity contribution is 5.97. The van der Waals surface area contributed by atoms with Gasteiger partial charge >= 0.3 is 0 Å². The summed E-state index contributed by atoms with van der Waals surface area (Å²) in [5.41, 5.74) is 3.38. The van der Waals surface area contributed by atoms with Gasteiger partial charge in [0.25, 0.3) is 0 Å². The molecule has 19 heavy (non-hydrogen) atoms. The van der Waals surface area contributed by atoms with Crippen LogP contribution in [0, 0.1) is 0 Å². The lowest BCUT2D eigenvalue weighted by Gasteiger charge is -2.17. The lowest BCUT2D eigenvalue weighted by molar-refractivity contribution is 0.0990. The number of nitrogens with one attached hydrogen (secondary N) is 1. The molecule has 2 aromatic rings. The Morgan fingerprint density at radius 2 is 2.32 bits per heavy atom. The van der Waals surface area contributed by atoms with E-state index in [1.807, 2.05) is 29.9 Å². The van der Waals surface area contributed by atoms with Crippen molar-refractivity contribution in [3.05, 3.63) is 53.1 Å². The summed E-state index contributed by atoms with van der Waals surface area (Å²) < 4.78 is 1.89. The number of rotatable bonds is 3. The molecule has 0 radical (unpaired) electrons. The zero-order valence-corrected chi connectivity index (χ0v) is 11.0. The van der Waals surface area contributed by atoms with Gasteiger partial charge in [0, 0.05) is 31.5 Å². The van der Waals surface area contributed by atoms with E-state index in [1.54, 1.807) is 6.20 Å². The number of nitrogens with zero attached hydrogens (tertiary/aromatic N) is 2. The van der Waals surface area contributed by atoms with E-state index in [-0.39, 0.29) is 5.78 Å². The van der Waals surface area contributed by atoms with Gasteiger partial charge in [-0.1, -0.05) is 12.1 Å². The molecule has 0 unspecified atom stereocenters. The fourth-order valence-electron chi connectivity index (χ4n) is 2.47. The van der Waals surface area contributed by atoms with Crippen LogP contribution in [0.3, 0.4) is 0 Å². The van der Waals surface area contributed by atoms with Crippen LogP contribution in [0.1, 0.15) is 27.3 Å². The second-order valence-electron chi connectivity index (χ2n) is 4.96. The minimum Gasteiger partial charge on any atom is -0.338 e. The van der Waals surface area contributed by atoms with Gasteiger partial charge in [0.05, 0.1) is 6.42 Å². The van der Waals surface area contributed by atoms with E-state index in [4.69, 9.17) is 0 Å². The number of benzene rings is 1. The maximum absolute atomic E-state index is 12.3. The molecule has 1 aromatic heterocycles. The minimum atomic E-state index is 0.127. The Labute approximate surface area is 112 Å². The molecule has 1 N–H and O–H groups in total. The minimum absolute atomic E-state index is 0.127. The monoisotopic (exact) mass is 255 g/mol. The first-order chi connectivity index (χ1) is 9.24. The van der Waals surface area contributed by atoms with Gasteiger partial charge in [-0.3, -0.25) is 4.79 Å². The molecule has 4 nitrogen and oxygen atoms in total. The summed E-state index contributed by atoms with van der Waals surface area (Å²) in [4.78, 5) is 16.5. The highest BCUT2D eigenvalue weighted by Gasteiger charge is 2.14. The Hall–Kier alpha value is -1.94. The molecule has 0 saturated heterocycles. The average Bonchev–Trinajstić information content (AvgIpc) is 2.84. The Morgan fingerprint density at radius 1 is 1.42 bits per heavy atom. The summed E-state index contributed by atoms with van der Waals surface area (Å²) in [5.74, 6) is 0.934. The molecular formula is C15H17N3O. The third kappa shape index (κ3) is 2.44. The van der Waals surface area contributed by atoms with Gasteiger partial charge in [-0.05, 0) is 30.2 Å². The lowest BCUT2D eigenvalue weighted by Crippen LogP contribution is -2.24. The van der Waals surface area contributed by atoms with Gasteiger partial charge in [-0.25, -0.2) is 4.98 Å². The van der Waals surface area contributed by atoms with Gasteiger partial charge < -0.3 is 9.88 Å². The zero-order valence-electron chi connectivity index (χ0n) is 11.0. The van der Waals surface area contributed by atoms with Crippen LogP contribution in [0.2, 0.25) is 0 Å². The molecule has 3 rings (SSSR count). The number of aromatic nitrogens is 2. The van der Waals surface area contributed by atoms with Crippen LogP contribution in [0.25, 0.3) is 0 Å². The van der Waals surface area contributed by atoms with Gasteiger partial charge in [-0.15, -0.1) is 0 Å². The summed E-state index contributed by atoms with van der Waals surface area (Å²) in [6.45, 7) is 1.88. The Morgan fingerprint density at radius 3 is 3.11 bits per heavy atom. The van der Waals surface area contributed by atoms with E-state index in [0.717, 1.165) is 30.9 Å². The predicted molar refractivity (Wildman–Crippen MR) is 73.1 cm³/mol. The number of carbonyl (C=O) groups is 1. The van der Waals surface area contributed by atoms with Crippen molar-refractivity contribution < 1.29 is 4.79 Å². The molecule has 0 bridgehead atoms. The molecule has 0 aliphatic carbocycles. The van der Waals surface area contributed by atoms with E-state index in [1.165, 1.54) is 11.1 Å². The van der Waals surface area contributed by atoms with Crippen molar-refractivity contribution in [2.45, 2.75) is 19.4 Å². The van der Waals surface area contributed by atoms with Crippen molar-refractivity contribution in [2.75, 3.05) is 6.54 Å². The van der Waals surface area contributed by atoms with Crippen molar-refractivity contribution in [2.24, 2.45) is 7.05 Å². The van der Waals surface area contributed by atoms with Crippen LogP contribution in [0.15, 0.2) is 30.6 Å². The van der Waals surface area contributed by atoms with Gasteiger partial charge in [0.1, 0.15) is 5.82 Å². The topological polar surface area (TPSA) is 46.9 Å². The summed E-state index contributed by atoms with van der Waals surface area (Å²) in [5, 5.41) is 3.33. The Kier molecular flexibility index (Phi) is 3.17. The normalized spacial score (nSPS) is 14.2. The fourth-order valence-corrected chi connectivity index (χ4v) is 2.47. The maximum Gasteiger partial charge on any atom is 0.170 e. The van der Waals surface area contributed by atoms with E-state index in [9.17, 15) is 4.79 Å². The van der Waals surface area contributed by atoms with E-state index < -0.39 is 0 Å². The molecule has 1 aliphatic heterocycles. The largest absolute Gasteiger partial charge is 0.338 e. The first-order valence-corrected chi connectivity index (χ1v) is 6.56. The third-order valence-electron chi connectivity index (χ3n) is 3.65. The van der Waals surface area contributed by atoms with Crippen LogP contribution < -0.4 is 5.32 Å². The number of aryl methyl sites for hydroxylation is 1. The number of hydrogen-bond donors (Lipinski definition) is 1. The van der Waals surface area contributed by atoms with E-state index in [0.29, 0.717) is 6.42 Å². The molecule has 0 amide bonds. The van der Waals surface area contributed by atoms with Crippen molar-refractivity contribution in [1.82, 2.24) is 14.9 Å². The second-order valence-corrected chi connectivity index (χ2v) is 4.96. The fraction of sp³-hybridized carbons (Fsp3) is 0.333. The number of carbonyl (C=O) groups excluding carboxylic acids is 1. The summed E-state index contributed by atoms with van der Waals surface area (Å²) in [6, 6.07) is 6.05. The van der Waals surface area contributed by atoms with Crippen molar-refractivity contribution in [1.29, 1.82) is 0 Å². The van der Waals surface area contributed by atoms with Crippen LogP contribution in [-0.2, 0) is 26.4 Å². The molecular weight excluding hydrogens is 238 g/mol. The SMILES string of the molecule is Cn1ccnc1CC(=O)c1ccc2c(c1)CNCC2. The maximum atomic E-state index is 12.3. The molecule has 0 atom stereocenters. The third-order valence-corrected chi connectivity index (χ3v) is 3.65. The average molecular weight is 255 g/mol. The molecule has 1 aliphatic rings. The quantitative estimate of drug-likeness (QED) is 0.845. The molecule has 1 aromatic carbocycles. The van der Waals surface area contributed by atoms with Crippen LogP contribution in [-0.4, -0.2) is 21.9 Å². The number of Topliss-reactive ketones (excluding diaryl/α,β-unsaturated/α-hetero) is 1. The lowest BCUT2D eigenvalue weighted by atomic mass is 9.96. The first-order valence-electron chi connectivity index (χ1n) is 6.56. The Bertz CT molecular complexity index is 616. The van der Waals surface area contributed by atoms with E-state index >= 15 is 0 Å². The van der Waals surface area contributed by atoms with Gasteiger partial charge in [-0.2, -0.15) is 0 Å². The zero-order chi connectivity index (χ0) is 13.2. The van der Waals surface area contributed by atoms with Crippen LogP contribution in [0.4, 0.5) is 0 Å². The van der Waals surface area contributed by atoms with Crippen molar-refractivity contribution in [3.63, 3.8) is 0 Å². The van der Waals surface area contributed by atoms with Crippen LogP contribution >= 0.6 is 0 Å². The smallest absolute Gasteiger partial charge is 0.170 e. The van der Waals surface area contributed by atoms with Gasteiger partial charge in [0.2, 0.25) is 0 Å². The molecule has 98 valence electrons. The summed E-state index contributed by atoms with van der Waals surface area (Å²) in [7, 11) is 1.91. The standard InChI is InChI=1S/C15H17N3O/c1-18-7-6-17-15(18)9-14(19)12-3-2-11-4-5-16-10-13(11)8-12/h2-3,6-8,16H,4-5,9-10H2,1H3. The van der Waals surface area contributed by atoms with E-state index in [2.05, 4.69) is 16.4 Å². The molecule has 0 fully saturated rings. The molecule has 0 spiro atoms.